The normalized spacial score (nSPS) is 16.9. The van der Waals surface area contributed by atoms with E-state index in [0.29, 0.717) is 18.0 Å². The van der Waals surface area contributed by atoms with Gasteiger partial charge in [-0.3, -0.25) is 4.90 Å². The van der Waals surface area contributed by atoms with Gasteiger partial charge in [-0.15, -0.1) is 0 Å². The molecule has 1 saturated heterocycles. The van der Waals surface area contributed by atoms with Crippen molar-refractivity contribution in [2.75, 3.05) is 26.2 Å². The zero-order valence-electron chi connectivity index (χ0n) is 18.6. The fourth-order valence-corrected chi connectivity index (χ4v) is 5.57. The molecule has 2 aromatic rings. The molecule has 1 aromatic heterocycles. The molecule has 1 unspecified atom stereocenters. The Morgan fingerprint density at radius 1 is 1.10 bits per heavy atom. The van der Waals surface area contributed by atoms with Crippen LogP contribution < -0.4 is 9.46 Å². The van der Waals surface area contributed by atoms with Crippen molar-refractivity contribution < 1.29 is 13.2 Å². The van der Waals surface area contributed by atoms with Crippen LogP contribution in [0.4, 0.5) is 0 Å². The average molecular weight is 434 g/mol. The van der Waals surface area contributed by atoms with Gasteiger partial charge in [0.1, 0.15) is 5.75 Å². The highest BCUT2D eigenvalue weighted by Crippen LogP contribution is 2.28. The minimum atomic E-state index is -3.63. The molecule has 166 valence electrons. The number of sulfonamides is 1. The second-order valence-electron chi connectivity index (χ2n) is 8.18. The zero-order valence-corrected chi connectivity index (χ0v) is 19.5. The fourth-order valence-electron chi connectivity index (χ4n) is 4.36. The van der Waals surface area contributed by atoms with Gasteiger partial charge in [-0.05, 0) is 82.1 Å². The van der Waals surface area contributed by atoms with Crippen molar-refractivity contribution in [1.82, 2.24) is 14.2 Å². The van der Waals surface area contributed by atoms with Crippen molar-refractivity contribution >= 4 is 10.0 Å². The summed E-state index contributed by atoms with van der Waals surface area (Å²) < 4.78 is 36.9. The van der Waals surface area contributed by atoms with E-state index < -0.39 is 10.0 Å². The number of rotatable bonds is 8. The maximum absolute atomic E-state index is 13.1. The maximum atomic E-state index is 13.1. The number of nitrogens with one attached hydrogen (secondary N) is 1. The SMILES string of the molecule is CCOc1c(C)cc(S(=O)(=O)NCC(c2cccn2C)N2CCCCCC2)cc1C. The monoisotopic (exact) mass is 433 g/mol. The molecule has 1 N–H and O–H groups in total. The number of aromatic nitrogens is 1. The van der Waals surface area contributed by atoms with Crippen LogP contribution in [0.25, 0.3) is 0 Å². The number of ether oxygens (including phenoxy) is 1. The van der Waals surface area contributed by atoms with Crippen molar-refractivity contribution in [2.45, 2.75) is 57.4 Å². The summed E-state index contributed by atoms with van der Waals surface area (Å²) in [5.74, 6) is 0.766. The van der Waals surface area contributed by atoms with Crippen LogP contribution >= 0.6 is 0 Å². The highest BCUT2D eigenvalue weighted by Gasteiger charge is 2.26. The third-order valence-corrected chi connectivity index (χ3v) is 7.31. The molecule has 0 spiro atoms. The van der Waals surface area contributed by atoms with Crippen LogP contribution in [0.3, 0.4) is 0 Å². The van der Waals surface area contributed by atoms with Gasteiger partial charge in [0.2, 0.25) is 10.0 Å². The summed E-state index contributed by atoms with van der Waals surface area (Å²) in [6, 6.07) is 7.53. The summed E-state index contributed by atoms with van der Waals surface area (Å²) in [4.78, 5) is 2.72. The standard InChI is InChI=1S/C23H35N3O3S/c1-5-29-23-18(2)15-20(16-19(23)3)30(27,28)24-17-22(21-11-10-12-25(21)4)26-13-8-6-7-9-14-26/h10-12,15-16,22,24H,5-9,13-14,17H2,1-4H3. The molecule has 1 fully saturated rings. The van der Waals surface area contributed by atoms with Crippen LogP contribution in [0.15, 0.2) is 35.4 Å². The van der Waals surface area contributed by atoms with Crippen LogP contribution in [-0.2, 0) is 17.1 Å². The Bertz CT molecular complexity index is 921. The molecule has 0 bridgehead atoms. The molecule has 0 aliphatic carbocycles. The molecule has 1 aliphatic rings. The average Bonchev–Trinajstić information content (AvgIpc) is 2.95. The van der Waals surface area contributed by atoms with Crippen molar-refractivity contribution in [3.63, 3.8) is 0 Å². The first-order valence-electron chi connectivity index (χ1n) is 10.9. The van der Waals surface area contributed by atoms with Crippen LogP contribution in [0.2, 0.25) is 0 Å². The summed E-state index contributed by atoms with van der Waals surface area (Å²) in [7, 11) is -1.60. The van der Waals surface area contributed by atoms with Crippen LogP contribution in [-0.4, -0.2) is 44.1 Å². The van der Waals surface area contributed by atoms with Gasteiger partial charge < -0.3 is 9.30 Å². The first-order valence-corrected chi connectivity index (χ1v) is 12.4. The summed E-state index contributed by atoms with van der Waals surface area (Å²) in [6.45, 7) is 8.61. The number of likely N-dealkylation sites (tertiary alicyclic amines) is 1. The number of benzene rings is 1. The lowest BCUT2D eigenvalue weighted by Crippen LogP contribution is -2.39. The van der Waals surface area contributed by atoms with E-state index in [1.165, 1.54) is 12.8 Å². The zero-order chi connectivity index (χ0) is 21.7. The molecular weight excluding hydrogens is 398 g/mol. The lowest BCUT2D eigenvalue weighted by molar-refractivity contribution is 0.199. The molecule has 0 saturated carbocycles. The van der Waals surface area contributed by atoms with E-state index in [-0.39, 0.29) is 6.04 Å². The van der Waals surface area contributed by atoms with Gasteiger partial charge >= 0.3 is 0 Å². The second-order valence-corrected chi connectivity index (χ2v) is 9.95. The number of nitrogens with zero attached hydrogens (tertiary/aromatic N) is 2. The number of hydrogen-bond donors (Lipinski definition) is 1. The first kappa shape index (κ1) is 22.8. The maximum Gasteiger partial charge on any atom is 0.240 e. The van der Waals surface area contributed by atoms with Gasteiger partial charge in [0.25, 0.3) is 0 Å². The summed E-state index contributed by atoms with van der Waals surface area (Å²) in [5, 5.41) is 0. The number of hydrogen-bond acceptors (Lipinski definition) is 4. The van der Waals surface area contributed by atoms with Gasteiger partial charge in [-0.25, -0.2) is 13.1 Å². The van der Waals surface area contributed by atoms with Crippen molar-refractivity contribution in [2.24, 2.45) is 7.05 Å². The number of aryl methyl sites for hydroxylation is 3. The van der Waals surface area contributed by atoms with E-state index >= 15 is 0 Å². The van der Waals surface area contributed by atoms with Crippen molar-refractivity contribution in [1.29, 1.82) is 0 Å². The van der Waals surface area contributed by atoms with Gasteiger partial charge in [0.05, 0.1) is 17.5 Å². The Balaban J connectivity index is 1.83. The lowest BCUT2D eigenvalue weighted by Gasteiger charge is -2.31. The third kappa shape index (κ3) is 5.25. The summed E-state index contributed by atoms with van der Waals surface area (Å²) in [5.41, 5.74) is 2.81. The predicted octanol–water partition coefficient (Wildman–Crippen LogP) is 3.94. The smallest absolute Gasteiger partial charge is 0.240 e. The Morgan fingerprint density at radius 2 is 1.73 bits per heavy atom. The molecule has 0 radical (unpaired) electrons. The van der Waals surface area contributed by atoms with Crippen LogP contribution in [0, 0.1) is 13.8 Å². The first-order chi connectivity index (χ1) is 14.3. The highest BCUT2D eigenvalue weighted by molar-refractivity contribution is 7.89. The largest absolute Gasteiger partial charge is 0.493 e. The molecule has 6 nitrogen and oxygen atoms in total. The highest BCUT2D eigenvalue weighted by atomic mass is 32.2. The lowest BCUT2D eigenvalue weighted by atomic mass is 10.1. The van der Waals surface area contributed by atoms with Gasteiger partial charge in [-0.1, -0.05) is 12.8 Å². The van der Waals surface area contributed by atoms with Gasteiger partial charge in [0.15, 0.2) is 0 Å². The summed E-state index contributed by atoms with van der Waals surface area (Å²) >= 11 is 0. The molecule has 0 amide bonds. The molecule has 30 heavy (non-hydrogen) atoms. The van der Waals surface area contributed by atoms with E-state index in [1.807, 2.05) is 40.1 Å². The molecular formula is C23H35N3O3S. The second kappa shape index (κ2) is 9.98. The Kier molecular flexibility index (Phi) is 7.60. The van der Waals surface area contributed by atoms with Crippen molar-refractivity contribution in [3.8, 4) is 5.75 Å². The fraction of sp³-hybridized carbons (Fsp3) is 0.565. The molecule has 1 aromatic carbocycles. The third-order valence-electron chi connectivity index (χ3n) is 5.91. The molecule has 1 aliphatic heterocycles. The van der Waals surface area contributed by atoms with E-state index in [4.69, 9.17) is 4.74 Å². The molecule has 7 heteroatoms. The molecule has 2 heterocycles. The Labute approximate surface area is 181 Å². The summed E-state index contributed by atoms with van der Waals surface area (Å²) in [6.07, 6.45) is 6.82. The molecule has 1 atom stereocenters. The minimum Gasteiger partial charge on any atom is -0.493 e. The topological polar surface area (TPSA) is 63.6 Å². The van der Waals surface area contributed by atoms with Crippen LogP contribution in [0.1, 0.15) is 55.5 Å². The quantitative estimate of drug-likeness (QED) is 0.685. The van der Waals surface area contributed by atoms with Gasteiger partial charge in [-0.2, -0.15) is 0 Å². The van der Waals surface area contributed by atoms with E-state index in [1.54, 1.807) is 12.1 Å². The van der Waals surface area contributed by atoms with E-state index in [2.05, 4.69) is 20.3 Å². The van der Waals surface area contributed by atoms with Gasteiger partial charge in [0, 0.05) is 25.5 Å². The van der Waals surface area contributed by atoms with E-state index in [0.717, 1.165) is 48.5 Å². The van der Waals surface area contributed by atoms with Crippen molar-refractivity contribution in [3.05, 3.63) is 47.3 Å². The van der Waals surface area contributed by atoms with E-state index in [9.17, 15) is 8.42 Å². The molecule has 3 rings (SSSR count). The minimum absolute atomic E-state index is 0.0165. The predicted molar refractivity (Wildman–Crippen MR) is 120 cm³/mol. The van der Waals surface area contributed by atoms with Crippen LogP contribution in [0.5, 0.6) is 5.75 Å². The Hall–Kier alpha value is -1.83. The Morgan fingerprint density at radius 3 is 2.27 bits per heavy atom.